The topological polar surface area (TPSA) is 63.2 Å². The number of benzene rings is 1. The Kier molecular flexibility index (Phi) is 6.63. The number of nitrogens with zero attached hydrogens (tertiary/aromatic N) is 1. The highest BCUT2D eigenvalue weighted by atomic mass is 79.9. The predicted molar refractivity (Wildman–Crippen MR) is 97.6 cm³/mol. The molecule has 1 amide bonds. The number of amides is 1. The molecule has 2 aromatic rings. The molecule has 1 heterocycles. The first-order valence-corrected chi connectivity index (χ1v) is 8.53. The summed E-state index contributed by atoms with van der Waals surface area (Å²) in [5, 5.41) is 2.67. The van der Waals surface area contributed by atoms with Gasteiger partial charge in [-0.3, -0.25) is 9.63 Å². The maximum Gasteiger partial charge on any atom is 0.277 e. The first-order valence-electron chi connectivity index (χ1n) is 6.94. The van der Waals surface area contributed by atoms with Crippen molar-refractivity contribution in [3.63, 3.8) is 0 Å². The number of pyridine rings is 1. The lowest BCUT2D eigenvalue weighted by molar-refractivity contribution is 0.0422. The van der Waals surface area contributed by atoms with Gasteiger partial charge in [0.25, 0.3) is 5.91 Å². The molecule has 2 N–H and O–H groups in total. The van der Waals surface area contributed by atoms with Gasteiger partial charge in [-0.15, -0.1) is 6.58 Å². The van der Waals surface area contributed by atoms with E-state index in [0.29, 0.717) is 5.56 Å². The van der Waals surface area contributed by atoms with Gasteiger partial charge in [-0.05, 0) is 56.5 Å². The number of aromatic nitrogens is 1. The first kappa shape index (κ1) is 19.5. The van der Waals surface area contributed by atoms with Crippen LogP contribution in [0.3, 0.4) is 0 Å². The highest BCUT2D eigenvalue weighted by Gasteiger charge is 2.23. The van der Waals surface area contributed by atoms with Crippen LogP contribution < -0.4 is 10.8 Å². The van der Waals surface area contributed by atoms with E-state index in [2.05, 4.69) is 54.2 Å². The van der Waals surface area contributed by atoms with Gasteiger partial charge in [-0.2, -0.15) is 0 Å². The number of aryl methyl sites for hydroxylation is 1. The summed E-state index contributed by atoms with van der Waals surface area (Å²) in [6.45, 7) is 5.24. The third kappa shape index (κ3) is 4.62. The first-order chi connectivity index (χ1) is 11.8. The molecule has 0 saturated heterocycles. The number of hydrogen-bond donors (Lipinski definition) is 2. The number of hydrogen-bond acceptors (Lipinski definition) is 4. The Bertz CT molecular complexity index is 832. The molecule has 0 spiro atoms. The summed E-state index contributed by atoms with van der Waals surface area (Å²) in [5.41, 5.74) is 2.31. The van der Waals surface area contributed by atoms with E-state index >= 15 is 0 Å². The minimum atomic E-state index is -1.22. The van der Waals surface area contributed by atoms with Crippen LogP contribution in [0, 0.1) is 18.6 Å². The molecule has 9 heteroatoms. The molecule has 0 bridgehead atoms. The van der Waals surface area contributed by atoms with Crippen molar-refractivity contribution in [2.24, 2.45) is 0 Å². The van der Waals surface area contributed by atoms with Gasteiger partial charge >= 0.3 is 0 Å². The maximum absolute atomic E-state index is 14.4. The van der Waals surface area contributed by atoms with E-state index in [-0.39, 0.29) is 28.1 Å². The Hall–Kier alpha value is -1.84. The Morgan fingerprint density at radius 1 is 1.36 bits per heavy atom. The molecule has 25 heavy (non-hydrogen) atoms. The minimum absolute atomic E-state index is 0.0622. The molecule has 1 aromatic heterocycles. The molecule has 0 aliphatic carbocycles. The number of anilines is 2. The second-order valence-corrected chi connectivity index (χ2v) is 6.65. The zero-order valence-corrected chi connectivity index (χ0v) is 16.2. The average Bonchev–Trinajstić information content (AvgIpc) is 2.57. The summed E-state index contributed by atoms with van der Waals surface area (Å²) in [6.07, 6.45) is 2.92. The van der Waals surface area contributed by atoms with E-state index in [1.807, 2.05) is 0 Å². The standard InChI is InChI=1S/C16H13Br2F2N3O2/c1-3-4-25-23-16(24)10-6-11(18)12(19)13(20)14(10)22-15-8(2)5-9(17)7-21-15/h3,5-7H,1,4H2,2H3,(H,21,22)(H,23,24). The van der Waals surface area contributed by atoms with Gasteiger partial charge < -0.3 is 5.32 Å². The van der Waals surface area contributed by atoms with Gasteiger partial charge in [-0.1, -0.05) is 6.08 Å². The number of rotatable bonds is 6. The zero-order chi connectivity index (χ0) is 18.6. The fourth-order valence-corrected chi connectivity index (χ4v) is 2.76. The van der Waals surface area contributed by atoms with Crippen molar-refractivity contribution in [3.05, 3.63) is 62.7 Å². The monoisotopic (exact) mass is 475 g/mol. The van der Waals surface area contributed by atoms with Crippen LogP contribution in [0.5, 0.6) is 0 Å². The highest BCUT2D eigenvalue weighted by molar-refractivity contribution is 9.10. The third-order valence-corrected chi connectivity index (χ3v) is 4.07. The number of nitrogens with one attached hydrogen (secondary N) is 2. The molecule has 0 atom stereocenters. The van der Waals surface area contributed by atoms with Crippen molar-refractivity contribution in [2.75, 3.05) is 11.9 Å². The van der Waals surface area contributed by atoms with Crippen molar-refractivity contribution in [2.45, 2.75) is 6.92 Å². The molecule has 2 rings (SSSR count). The quantitative estimate of drug-likeness (QED) is 0.272. The molecule has 132 valence electrons. The fourth-order valence-electron chi connectivity index (χ4n) is 1.91. The second kappa shape index (κ2) is 8.50. The van der Waals surface area contributed by atoms with Gasteiger partial charge in [0.05, 0.1) is 22.3 Å². The Balaban J connectivity index is 2.45. The predicted octanol–water partition coefficient (Wildman–Crippen LogP) is 4.78. The summed E-state index contributed by atoms with van der Waals surface area (Å²) in [5.74, 6) is -2.81. The van der Waals surface area contributed by atoms with E-state index in [1.54, 1.807) is 13.0 Å². The minimum Gasteiger partial charge on any atom is -0.337 e. The van der Waals surface area contributed by atoms with E-state index in [0.717, 1.165) is 10.5 Å². The van der Waals surface area contributed by atoms with Gasteiger partial charge in [-0.25, -0.2) is 19.2 Å². The number of carbonyl (C=O) groups excluding carboxylic acids is 1. The van der Waals surface area contributed by atoms with Crippen molar-refractivity contribution < 1.29 is 18.4 Å². The smallest absolute Gasteiger partial charge is 0.277 e. The second-order valence-electron chi connectivity index (χ2n) is 4.88. The summed E-state index contributed by atoms with van der Waals surface area (Å²) < 4.78 is 28.9. The van der Waals surface area contributed by atoms with E-state index in [1.165, 1.54) is 12.3 Å². The molecule has 0 fully saturated rings. The summed E-state index contributed by atoms with van der Waals surface area (Å²) in [7, 11) is 0. The Morgan fingerprint density at radius 2 is 2.08 bits per heavy atom. The van der Waals surface area contributed by atoms with E-state index < -0.39 is 17.5 Å². The molecular weight excluding hydrogens is 464 g/mol. The lowest BCUT2D eigenvalue weighted by atomic mass is 10.1. The lowest BCUT2D eigenvalue weighted by Gasteiger charge is -2.15. The number of carbonyl (C=O) groups is 1. The SMILES string of the molecule is C=CCONC(=O)c1cc(Br)c(F)c(F)c1Nc1ncc(Br)cc1C. The van der Waals surface area contributed by atoms with Crippen LogP contribution in [0.4, 0.5) is 20.3 Å². The largest absolute Gasteiger partial charge is 0.337 e. The molecule has 0 aliphatic rings. The fraction of sp³-hybridized carbons (Fsp3) is 0.125. The van der Waals surface area contributed by atoms with Crippen molar-refractivity contribution in [1.29, 1.82) is 0 Å². The molecule has 5 nitrogen and oxygen atoms in total. The molecular formula is C16H13Br2F2N3O2. The van der Waals surface area contributed by atoms with Crippen LogP contribution >= 0.6 is 31.9 Å². The Morgan fingerprint density at radius 3 is 2.72 bits per heavy atom. The zero-order valence-electron chi connectivity index (χ0n) is 13.0. The molecule has 0 radical (unpaired) electrons. The van der Waals surface area contributed by atoms with Crippen LogP contribution in [0.1, 0.15) is 15.9 Å². The number of halogens is 4. The van der Waals surface area contributed by atoms with Crippen LogP contribution in [0.25, 0.3) is 0 Å². The maximum atomic E-state index is 14.4. The van der Waals surface area contributed by atoms with Gasteiger partial charge in [0.15, 0.2) is 11.6 Å². The van der Waals surface area contributed by atoms with Crippen LogP contribution in [-0.4, -0.2) is 17.5 Å². The van der Waals surface area contributed by atoms with Crippen molar-refractivity contribution in [3.8, 4) is 0 Å². The lowest BCUT2D eigenvalue weighted by Crippen LogP contribution is -2.25. The third-order valence-electron chi connectivity index (χ3n) is 3.06. The summed E-state index contributed by atoms with van der Waals surface area (Å²) in [4.78, 5) is 21.2. The molecule has 0 saturated carbocycles. The number of hydroxylamine groups is 1. The molecule has 0 aliphatic heterocycles. The highest BCUT2D eigenvalue weighted by Crippen LogP contribution is 2.32. The van der Waals surface area contributed by atoms with E-state index in [4.69, 9.17) is 4.84 Å². The van der Waals surface area contributed by atoms with Gasteiger partial charge in [0.2, 0.25) is 0 Å². The summed E-state index contributed by atoms with van der Waals surface area (Å²) in [6, 6.07) is 2.90. The van der Waals surface area contributed by atoms with Gasteiger partial charge in [0.1, 0.15) is 5.82 Å². The van der Waals surface area contributed by atoms with Crippen molar-refractivity contribution >= 4 is 49.3 Å². The van der Waals surface area contributed by atoms with Gasteiger partial charge in [0, 0.05) is 10.7 Å². The Labute approximate surface area is 159 Å². The molecule has 0 unspecified atom stereocenters. The normalized spacial score (nSPS) is 10.4. The van der Waals surface area contributed by atoms with E-state index in [9.17, 15) is 13.6 Å². The van der Waals surface area contributed by atoms with Crippen molar-refractivity contribution in [1.82, 2.24) is 10.5 Å². The van der Waals surface area contributed by atoms with Crippen LogP contribution in [0.2, 0.25) is 0 Å². The van der Waals surface area contributed by atoms with Crippen LogP contribution in [-0.2, 0) is 4.84 Å². The average molecular weight is 477 g/mol. The molecule has 1 aromatic carbocycles. The van der Waals surface area contributed by atoms with Crippen LogP contribution in [0.15, 0.2) is 39.9 Å². The summed E-state index contributed by atoms with van der Waals surface area (Å²) >= 11 is 6.16.